The van der Waals surface area contributed by atoms with Crippen LogP contribution in [0.15, 0.2) is 43.1 Å². The maximum Gasteiger partial charge on any atom is 0.250 e. The van der Waals surface area contributed by atoms with Gasteiger partial charge < -0.3 is 10.2 Å². The quantitative estimate of drug-likeness (QED) is 0.878. The van der Waals surface area contributed by atoms with E-state index in [-0.39, 0.29) is 11.8 Å². The molecule has 0 saturated heterocycles. The van der Waals surface area contributed by atoms with Crippen molar-refractivity contribution in [3.05, 3.63) is 54.4 Å². The number of hydrogen-bond donors (Lipinski definition) is 1. The summed E-state index contributed by atoms with van der Waals surface area (Å²) in [5, 5.41) is 7.05. The number of benzene rings is 1. The van der Waals surface area contributed by atoms with E-state index in [1.807, 2.05) is 31.3 Å². The molecule has 6 nitrogen and oxygen atoms in total. The second kappa shape index (κ2) is 6.70. The molecular weight excluding hydrogens is 304 g/mol. The zero-order valence-corrected chi connectivity index (χ0v) is 13.7. The van der Waals surface area contributed by atoms with E-state index in [0.29, 0.717) is 13.0 Å². The van der Waals surface area contributed by atoms with Crippen LogP contribution in [0.5, 0.6) is 0 Å². The van der Waals surface area contributed by atoms with E-state index in [1.165, 1.54) is 6.08 Å². The number of aromatic nitrogens is 2. The number of aryl methyl sites for hydroxylation is 2. The first-order valence-electron chi connectivity index (χ1n) is 7.92. The molecule has 0 saturated carbocycles. The van der Waals surface area contributed by atoms with Gasteiger partial charge in [-0.15, -0.1) is 0 Å². The maximum absolute atomic E-state index is 12.3. The van der Waals surface area contributed by atoms with Crippen molar-refractivity contribution in [2.24, 2.45) is 7.05 Å². The van der Waals surface area contributed by atoms with Gasteiger partial charge in [-0.3, -0.25) is 14.3 Å². The Morgan fingerprint density at radius 3 is 2.96 bits per heavy atom. The van der Waals surface area contributed by atoms with E-state index in [9.17, 15) is 9.59 Å². The predicted molar refractivity (Wildman–Crippen MR) is 92.6 cm³/mol. The van der Waals surface area contributed by atoms with Gasteiger partial charge in [-0.2, -0.15) is 5.10 Å². The van der Waals surface area contributed by atoms with E-state index < -0.39 is 0 Å². The third kappa shape index (κ3) is 3.22. The molecule has 3 rings (SSSR count). The Morgan fingerprint density at radius 1 is 1.42 bits per heavy atom. The van der Waals surface area contributed by atoms with E-state index >= 15 is 0 Å². The fourth-order valence-corrected chi connectivity index (χ4v) is 2.85. The molecule has 2 amide bonds. The summed E-state index contributed by atoms with van der Waals surface area (Å²) in [6, 6.07) is 7.56. The minimum absolute atomic E-state index is 0.0374. The Hall–Kier alpha value is -2.89. The average molecular weight is 324 g/mol. The molecule has 124 valence electrons. The Morgan fingerprint density at radius 2 is 2.25 bits per heavy atom. The molecule has 0 radical (unpaired) electrons. The third-order valence-corrected chi connectivity index (χ3v) is 4.21. The summed E-state index contributed by atoms with van der Waals surface area (Å²) in [7, 11) is 1.85. The van der Waals surface area contributed by atoms with Gasteiger partial charge in [0.15, 0.2) is 0 Å². The van der Waals surface area contributed by atoms with Gasteiger partial charge in [-0.25, -0.2) is 0 Å². The van der Waals surface area contributed by atoms with Crippen LogP contribution in [0, 0.1) is 0 Å². The van der Waals surface area contributed by atoms with Crippen LogP contribution >= 0.6 is 0 Å². The molecule has 24 heavy (non-hydrogen) atoms. The lowest BCUT2D eigenvalue weighted by atomic mass is 10.1. The van der Waals surface area contributed by atoms with Crippen molar-refractivity contribution in [3.63, 3.8) is 0 Å². The number of amides is 2. The molecule has 0 atom stereocenters. The largest absolute Gasteiger partial charge is 0.326 e. The number of anilines is 2. The van der Waals surface area contributed by atoms with Crippen molar-refractivity contribution in [3.8, 4) is 0 Å². The molecule has 1 aromatic carbocycles. The van der Waals surface area contributed by atoms with Crippen LogP contribution < -0.4 is 10.2 Å². The first kappa shape index (κ1) is 16.0. The van der Waals surface area contributed by atoms with Crippen molar-refractivity contribution in [2.45, 2.75) is 25.8 Å². The summed E-state index contributed by atoms with van der Waals surface area (Å²) in [6.45, 7) is 4.01. The SMILES string of the molecule is C=CC(=O)N(Cc1ccnn1C)c1ccc2c(c1)CCCC(=O)N2. The predicted octanol–water partition coefficient (Wildman–Crippen LogP) is 2.41. The zero-order chi connectivity index (χ0) is 17.1. The second-order valence-corrected chi connectivity index (χ2v) is 5.82. The molecule has 2 aromatic rings. The smallest absolute Gasteiger partial charge is 0.250 e. The lowest BCUT2D eigenvalue weighted by molar-refractivity contribution is -0.116. The summed E-state index contributed by atoms with van der Waals surface area (Å²) >= 11 is 0. The summed E-state index contributed by atoms with van der Waals surface area (Å²) in [5.74, 6) is -0.135. The van der Waals surface area contributed by atoms with Crippen molar-refractivity contribution in [1.29, 1.82) is 0 Å². The first-order chi connectivity index (χ1) is 11.6. The molecule has 0 unspecified atom stereocenters. The topological polar surface area (TPSA) is 67.2 Å². The van der Waals surface area contributed by atoms with E-state index in [1.54, 1.807) is 15.8 Å². The van der Waals surface area contributed by atoms with Crippen molar-refractivity contribution < 1.29 is 9.59 Å². The van der Waals surface area contributed by atoms with Crippen molar-refractivity contribution in [2.75, 3.05) is 10.2 Å². The first-order valence-corrected chi connectivity index (χ1v) is 7.92. The molecule has 1 aliphatic rings. The highest BCUT2D eigenvalue weighted by atomic mass is 16.2. The molecule has 1 N–H and O–H groups in total. The minimum atomic E-state index is -0.172. The Kier molecular flexibility index (Phi) is 4.46. The van der Waals surface area contributed by atoms with Crippen LogP contribution in [0.25, 0.3) is 0 Å². The molecule has 6 heteroatoms. The molecule has 0 bridgehead atoms. The molecule has 1 aromatic heterocycles. The molecule has 1 aliphatic heterocycles. The molecule has 2 heterocycles. The Bertz CT molecular complexity index is 794. The van der Waals surface area contributed by atoms with Crippen LogP contribution in [0.4, 0.5) is 11.4 Å². The van der Waals surface area contributed by atoms with Gasteiger partial charge in [0, 0.05) is 31.0 Å². The zero-order valence-electron chi connectivity index (χ0n) is 13.7. The molecular formula is C18H20N4O2. The fourth-order valence-electron chi connectivity index (χ4n) is 2.85. The molecule has 0 aliphatic carbocycles. The Labute approximate surface area is 140 Å². The van der Waals surface area contributed by atoms with Crippen LogP contribution in [0.3, 0.4) is 0 Å². The normalized spacial score (nSPS) is 13.6. The summed E-state index contributed by atoms with van der Waals surface area (Å²) in [5.41, 5.74) is 3.59. The van der Waals surface area contributed by atoms with Crippen molar-refractivity contribution >= 4 is 23.2 Å². The van der Waals surface area contributed by atoms with Gasteiger partial charge in [0.1, 0.15) is 0 Å². The Balaban J connectivity index is 1.94. The van der Waals surface area contributed by atoms with E-state index in [2.05, 4.69) is 17.0 Å². The third-order valence-electron chi connectivity index (χ3n) is 4.21. The number of fused-ring (bicyclic) bond motifs is 1. The van der Waals surface area contributed by atoms with Gasteiger partial charge in [0.2, 0.25) is 5.91 Å². The number of rotatable bonds is 4. The number of carbonyl (C=O) groups is 2. The number of carbonyl (C=O) groups excluding carboxylic acids is 2. The monoisotopic (exact) mass is 324 g/mol. The number of nitrogens with zero attached hydrogens (tertiary/aromatic N) is 3. The van der Waals surface area contributed by atoms with E-state index in [0.717, 1.165) is 35.5 Å². The second-order valence-electron chi connectivity index (χ2n) is 5.82. The number of hydrogen-bond acceptors (Lipinski definition) is 3. The van der Waals surface area contributed by atoms with Crippen LogP contribution in [0.1, 0.15) is 24.1 Å². The highest BCUT2D eigenvalue weighted by molar-refractivity contribution is 6.01. The molecule has 0 fully saturated rings. The highest BCUT2D eigenvalue weighted by Crippen LogP contribution is 2.28. The van der Waals surface area contributed by atoms with Crippen molar-refractivity contribution in [1.82, 2.24) is 9.78 Å². The van der Waals surface area contributed by atoms with Crippen LogP contribution in [-0.2, 0) is 29.6 Å². The average Bonchev–Trinajstić information content (AvgIpc) is 2.88. The van der Waals surface area contributed by atoms with Gasteiger partial charge >= 0.3 is 0 Å². The highest BCUT2D eigenvalue weighted by Gasteiger charge is 2.19. The van der Waals surface area contributed by atoms with Gasteiger partial charge in [0.25, 0.3) is 5.91 Å². The molecule has 0 spiro atoms. The fraction of sp³-hybridized carbons (Fsp3) is 0.278. The van der Waals surface area contributed by atoms with E-state index in [4.69, 9.17) is 0 Å². The lowest BCUT2D eigenvalue weighted by Crippen LogP contribution is -2.29. The summed E-state index contributed by atoms with van der Waals surface area (Å²) in [4.78, 5) is 25.7. The van der Waals surface area contributed by atoms with Gasteiger partial charge in [0.05, 0.1) is 12.2 Å². The lowest BCUT2D eigenvalue weighted by Gasteiger charge is -2.23. The number of nitrogens with one attached hydrogen (secondary N) is 1. The van der Waals surface area contributed by atoms with Gasteiger partial charge in [-0.1, -0.05) is 6.58 Å². The summed E-state index contributed by atoms with van der Waals surface area (Å²) < 4.78 is 1.74. The van der Waals surface area contributed by atoms with Gasteiger partial charge in [-0.05, 0) is 48.7 Å². The maximum atomic E-state index is 12.3. The summed E-state index contributed by atoms with van der Waals surface area (Å²) in [6.07, 6.45) is 5.15. The van der Waals surface area contributed by atoms with Crippen LogP contribution in [-0.4, -0.2) is 21.6 Å². The standard InChI is InChI=1S/C18H20N4O2/c1-3-18(24)22(12-15-9-10-19-21(15)2)14-7-8-16-13(11-14)5-4-6-17(23)20-16/h3,7-11H,1,4-6,12H2,2H3,(H,20,23). The minimum Gasteiger partial charge on any atom is -0.326 e. The van der Waals surface area contributed by atoms with Crippen LogP contribution in [0.2, 0.25) is 0 Å².